The number of urea groups is 1. The molecular formula is C13H23F3N2O3. The Balaban J connectivity index is 2.35. The summed E-state index contributed by atoms with van der Waals surface area (Å²) in [5, 5.41) is 2.55. The second-order valence-corrected chi connectivity index (χ2v) is 6.38. The van der Waals surface area contributed by atoms with E-state index in [4.69, 9.17) is 4.74 Å². The fourth-order valence-electron chi connectivity index (χ4n) is 2.46. The van der Waals surface area contributed by atoms with Crippen LogP contribution in [0, 0.1) is 0 Å². The van der Waals surface area contributed by atoms with E-state index in [0.29, 0.717) is 13.1 Å². The van der Waals surface area contributed by atoms with Gasteiger partial charge < -0.3 is 19.7 Å². The number of nitrogens with one attached hydrogen (secondary N) is 1. The lowest BCUT2D eigenvalue weighted by atomic mass is 9.99. The van der Waals surface area contributed by atoms with Crippen molar-refractivity contribution in [3.63, 3.8) is 0 Å². The fourth-order valence-corrected chi connectivity index (χ4v) is 2.46. The molecule has 0 atom stereocenters. The Morgan fingerprint density at radius 2 is 1.76 bits per heavy atom. The lowest BCUT2D eigenvalue weighted by Gasteiger charge is -2.46. The molecule has 124 valence electrons. The van der Waals surface area contributed by atoms with Crippen molar-refractivity contribution < 1.29 is 27.4 Å². The van der Waals surface area contributed by atoms with Crippen molar-refractivity contribution in [2.75, 3.05) is 32.8 Å². The van der Waals surface area contributed by atoms with Gasteiger partial charge in [0.15, 0.2) is 0 Å². The molecule has 0 aromatic rings. The van der Waals surface area contributed by atoms with Crippen LogP contribution in [0.3, 0.4) is 0 Å². The lowest BCUT2D eigenvalue weighted by Crippen LogP contribution is -2.60. The highest BCUT2D eigenvalue weighted by Crippen LogP contribution is 2.27. The predicted octanol–water partition coefficient (Wildman–Crippen LogP) is 2.16. The van der Waals surface area contributed by atoms with E-state index in [2.05, 4.69) is 10.1 Å². The quantitative estimate of drug-likeness (QED) is 0.809. The molecule has 0 unspecified atom stereocenters. The van der Waals surface area contributed by atoms with Crippen LogP contribution >= 0.6 is 0 Å². The molecule has 8 heteroatoms. The van der Waals surface area contributed by atoms with Gasteiger partial charge in [0.1, 0.15) is 6.61 Å². The summed E-state index contributed by atoms with van der Waals surface area (Å²) < 4.78 is 45.9. The minimum atomic E-state index is -4.34. The molecule has 1 aliphatic heterocycles. The Morgan fingerprint density at radius 3 is 2.24 bits per heavy atom. The molecule has 1 saturated heterocycles. The van der Waals surface area contributed by atoms with Gasteiger partial charge in [-0.3, -0.25) is 0 Å². The maximum atomic E-state index is 12.0. The molecule has 0 spiro atoms. The first-order valence-corrected chi connectivity index (χ1v) is 6.78. The van der Waals surface area contributed by atoms with Crippen molar-refractivity contribution >= 4 is 6.03 Å². The Labute approximate surface area is 122 Å². The molecule has 0 aromatic heterocycles. The highest BCUT2D eigenvalue weighted by molar-refractivity contribution is 5.74. The van der Waals surface area contributed by atoms with Crippen LogP contribution in [0.5, 0.6) is 0 Å². The number of rotatable bonds is 4. The van der Waals surface area contributed by atoms with E-state index in [-0.39, 0.29) is 19.2 Å². The number of alkyl halides is 3. The van der Waals surface area contributed by atoms with Crippen molar-refractivity contribution in [2.24, 2.45) is 0 Å². The molecule has 0 aromatic carbocycles. The van der Waals surface area contributed by atoms with Gasteiger partial charge in [-0.25, -0.2) is 4.79 Å². The largest absolute Gasteiger partial charge is 0.411 e. The van der Waals surface area contributed by atoms with E-state index < -0.39 is 24.0 Å². The van der Waals surface area contributed by atoms with E-state index in [1.165, 1.54) is 0 Å². The van der Waals surface area contributed by atoms with Crippen molar-refractivity contribution in [1.29, 1.82) is 0 Å². The van der Waals surface area contributed by atoms with E-state index in [9.17, 15) is 18.0 Å². The Bertz CT molecular complexity index is 354. The first kappa shape index (κ1) is 18.0. The number of morpholine rings is 1. The van der Waals surface area contributed by atoms with E-state index in [1.807, 2.05) is 27.7 Å². The zero-order chi connectivity index (χ0) is 16.3. The second kappa shape index (κ2) is 6.39. The molecule has 2 amide bonds. The molecule has 0 aliphatic carbocycles. The maximum absolute atomic E-state index is 12.0. The van der Waals surface area contributed by atoms with Crippen LogP contribution in [0.4, 0.5) is 18.0 Å². The van der Waals surface area contributed by atoms with Crippen molar-refractivity contribution in [3.8, 4) is 0 Å². The zero-order valence-electron chi connectivity index (χ0n) is 12.8. The van der Waals surface area contributed by atoms with Gasteiger partial charge in [-0.1, -0.05) is 0 Å². The lowest BCUT2D eigenvalue weighted by molar-refractivity contribution is -0.174. The highest BCUT2D eigenvalue weighted by atomic mass is 19.4. The number of hydrogen-bond acceptors (Lipinski definition) is 3. The third-order valence-electron chi connectivity index (χ3n) is 2.77. The SMILES string of the molecule is CC1(C)CN(C(=O)NCCOCC(F)(F)F)CC(C)(C)O1. The first-order chi connectivity index (χ1) is 9.40. The molecule has 0 saturated carbocycles. The molecule has 1 rings (SSSR count). The van der Waals surface area contributed by atoms with E-state index in [1.54, 1.807) is 4.90 Å². The van der Waals surface area contributed by atoms with Crippen LogP contribution in [0.25, 0.3) is 0 Å². The molecule has 1 aliphatic rings. The molecule has 0 bridgehead atoms. The van der Waals surface area contributed by atoms with Gasteiger partial charge in [0.25, 0.3) is 0 Å². The third kappa shape index (κ3) is 6.99. The monoisotopic (exact) mass is 312 g/mol. The highest BCUT2D eigenvalue weighted by Gasteiger charge is 2.39. The maximum Gasteiger partial charge on any atom is 0.411 e. The number of hydrogen-bond donors (Lipinski definition) is 1. The summed E-state index contributed by atoms with van der Waals surface area (Å²) in [4.78, 5) is 13.6. The van der Waals surface area contributed by atoms with Gasteiger partial charge in [0.05, 0.1) is 30.9 Å². The smallest absolute Gasteiger partial charge is 0.370 e. The van der Waals surface area contributed by atoms with E-state index >= 15 is 0 Å². The normalized spacial score (nSPS) is 21.2. The van der Waals surface area contributed by atoms with Gasteiger partial charge in [-0.15, -0.1) is 0 Å². The average molecular weight is 312 g/mol. The minimum absolute atomic E-state index is 0.0348. The molecule has 5 nitrogen and oxygen atoms in total. The van der Waals surface area contributed by atoms with E-state index in [0.717, 1.165) is 0 Å². The average Bonchev–Trinajstić information content (AvgIpc) is 2.22. The van der Waals surface area contributed by atoms with Crippen LogP contribution in [0.15, 0.2) is 0 Å². The van der Waals surface area contributed by atoms with Crippen LogP contribution in [0.2, 0.25) is 0 Å². The summed E-state index contributed by atoms with van der Waals surface area (Å²) in [6.45, 7) is 6.95. The van der Waals surface area contributed by atoms with Gasteiger partial charge in [-0.05, 0) is 27.7 Å². The van der Waals surface area contributed by atoms with Crippen LogP contribution < -0.4 is 5.32 Å². The Morgan fingerprint density at radius 1 is 1.24 bits per heavy atom. The second-order valence-electron chi connectivity index (χ2n) is 6.38. The van der Waals surface area contributed by atoms with Crippen LogP contribution in [0.1, 0.15) is 27.7 Å². The summed E-state index contributed by atoms with van der Waals surface area (Å²) in [6.07, 6.45) is -4.34. The number of carbonyl (C=O) groups excluding carboxylic acids is 1. The van der Waals surface area contributed by atoms with Gasteiger partial charge in [-0.2, -0.15) is 13.2 Å². The molecular weight excluding hydrogens is 289 g/mol. The number of carbonyl (C=O) groups is 1. The standard InChI is InChI=1S/C13H23F3N2O3/c1-11(2)7-18(8-12(3,4)21-11)10(19)17-5-6-20-9-13(14,15)16/h5-9H2,1-4H3,(H,17,19). The fraction of sp³-hybridized carbons (Fsp3) is 0.923. The van der Waals surface area contributed by atoms with Gasteiger partial charge >= 0.3 is 12.2 Å². The molecule has 0 radical (unpaired) electrons. The first-order valence-electron chi connectivity index (χ1n) is 6.78. The van der Waals surface area contributed by atoms with Gasteiger partial charge in [0, 0.05) is 6.54 Å². The summed E-state index contributed by atoms with van der Waals surface area (Å²) in [5.41, 5.74) is -0.933. The Hall–Kier alpha value is -1.02. The molecule has 1 heterocycles. The zero-order valence-corrected chi connectivity index (χ0v) is 12.8. The number of halogens is 3. The summed E-state index contributed by atoms with van der Waals surface area (Å²) in [7, 11) is 0. The minimum Gasteiger partial charge on any atom is -0.370 e. The van der Waals surface area contributed by atoms with Crippen molar-refractivity contribution in [1.82, 2.24) is 10.2 Å². The summed E-state index contributed by atoms with van der Waals surface area (Å²) >= 11 is 0. The molecule has 21 heavy (non-hydrogen) atoms. The van der Waals surface area contributed by atoms with Crippen molar-refractivity contribution in [2.45, 2.75) is 45.1 Å². The summed E-state index contributed by atoms with van der Waals surface area (Å²) in [5.74, 6) is 0. The van der Waals surface area contributed by atoms with Crippen LogP contribution in [-0.4, -0.2) is 61.2 Å². The number of amides is 2. The van der Waals surface area contributed by atoms with Crippen molar-refractivity contribution in [3.05, 3.63) is 0 Å². The Kier molecular flexibility index (Phi) is 5.49. The molecule has 1 N–H and O–H groups in total. The molecule has 1 fully saturated rings. The third-order valence-corrected chi connectivity index (χ3v) is 2.77. The van der Waals surface area contributed by atoms with Crippen LogP contribution in [-0.2, 0) is 9.47 Å². The number of nitrogens with zero attached hydrogens (tertiary/aromatic N) is 1. The summed E-state index contributed by atoms with van der Waals surface area (Å²) in [6, 6.07) is -0.324. The number of ether oxygens (including phenoxy) is 2. The topological polar surface area (TPSA) is 50.8 Å². The van der Waals surface area contributed by atoms with Gasteiger partial charge in [0.2, 0.25) is 0 Å². The predicted molar refractivity (Wildman–Crippen MR) is 71.1 cm³/mol.